The van der Waals surface area contributed by atoms with Crippen LogP contribution in [0, 0.1) is 0 Å². The van der Waals surface area contributed by atoms with Crippen LogP contribution in [0.25, 0.3) is 0 Å². The van der Waals surface area contributed by atoms with Crippen molar-refractivity contribution in [3.05, 3.63) is 46.9 Å². The van der Waals surface area contributed by atoms with E-state index < -0.39 is 0 Å². The Balaban J connectivity index is 2.19. The number of hydrogen-bond acceptors (Lipinski definition) is 4. The Kier molecular flexibility index (Phi) is 4.93. The fourth-order valence-electron chi connectivity index (χ4n) is 2.10. The van der Waals surface area contributed by atoms with Crippen molar-refractivity contribution >= 4 is 11.6 Å². The van der Waals surface area contributed by atoms with Gasteiger partial charge in [0.25, 0.3) is 0 Å². The van der Waals surface area contributed by atoms with Crippen LogP contribution in [0.4, 0.5) is 0 Å². The predicted octanol–water partition coefficient (Wildman–Crippen LogP) is 3.45. The average Bonchev–Trinajstić information content (AvgIpc) is 2.90. The first kappa shape index (κ1) is 14.8. The molecule has 0 spiro atoms. The van der Waals surface area contributed by atoms with Gasteiger partial charge in [0.2, 0.25) is 0 Å². The Hall–Kier alpha value is -1.65. The Labute approximate surface area is 123 Å². The summed E-state index contributed by atoms with van der Waals surface area (Å²) in [7, 11) is 5.14. The monoisotopic (exact) mass is 295 g/mol. The van der Waals surface area contributed by atoms with Gasteiger partial charge in [0.15, 0.2) is 16.7 Å². The van der Waals surface area contributed by atoms with Gasteiger partial charge in [-0.1, -0.05) is 6.07 Å². The Morgan fingerprint density at radius 2 is 1.90 bits per heavy atom. The SMILES string of the molecule is CNC(Cc1ccc(OC)c(OC)c1)c1ccc(Cl)o1. The van der Waals surface area contributed by atoms with E-state index in [1.165, 1.54) is 0 Å². The standard InChI is InChI=1S/C15H18ClNO3/c1-17-11(12-6-7-15(16)20-12)8-10-4-5-13(18-2)14(9-10)19-3/h4-7,9,11,17H,8H2,1-3H3. The molecule has 1 heterocycles. The lowest BCUT2D eigenvalue weighted by molar-refractivity contribution is 0.354. The second kappa shape index (κ2) is 6.68. The molecule has 0 saturated heterocycles. The van der Waals surface area contributed by atoms with E-state index in [1.54, 1.807) is 20.3 Å². The quantitative estimate of drug-likeness (QED) is 0.886. The minimum atomic E-state index is 0.0561. The largest absolute Gasteiger partial charge is 0.493 e. The molecular formula is C15H18ClNO3. The van der Waals surface area contributed by atoms with Crippen LogP contribution in [0.2, 0.25) is 5.22 Å². The maximum atomic E-state index is 5.82. The fourth-order valence-corrected chi connectivity index (χ4v) is 2.26. The lowest BCUT2D eigenvalue weighted by Crippen LogP contribution is -2.18. The molecule has 1 unspecified atom stereocenters. The van der Waals surface area contributed by atoms with Crippen LogP contribution in [0.5, 0.6) is 11.5 Å². The molecule has 1 N–H and O–H groups in total. The molecule has 0 amide bonds. The van der Waals surface area contributed by atoms with Crippen molar-refractivity contribution in [1.29, 1.82) is 0 Å². The molecule has 1 aromatic heterocycles. The zero-order chi connectivity index (χ0) is 14.5. The molecule has 1 atom stereocenters. The summed E-state index contributed by atoms with van der Waals surface area (Å²) in [5.74, 6) is 2.25. The smallest absolute Gasteiger partial charge is 0.193 e. The van der Waals surface area contributed by atoms with Crippen molar-refractivity contribution in [3.8, 4) is 11.5 Å². The first-order chi connectivity index (χ1) is 9.67. The molecule has 4 nitrogen and oxygen atoms in total. The Morgan fingerprint density at radius 3 is 2.45 bits per heavy atom. The third-order valence-corrected chi connectivity index (χ3v) is 3.38. The van der Waals surface area contributed by atoms with Gasteiger partial charge in [-0.25, -0.2) is 0 Å². The highest BCUT2D eigenvalue weighted by Crippen LogP contribution is 2.30. The van der Waals surface area contributed by atoms with Crippen LogP contribution in [0.15, 0.2) is 34.7 Å². The van der Waals surface area contributed by atoms with E-state index in [4.69, 9.17) is 25.5 Å². The number of benzene rings is 1. The lowest BCUT2D eigenvalue weighted by Gasteiger charge is -2.15. The third-order valence-electron chi connectivity index (χ3n) is 3.17. The van der Waals surface area contributed by atoms with Gasteiger partial charge >= 0.3 is 0 Å². The van der Waals surface area contributed by atoms with E-state index in [-0.39, 0.29) is 6.04 Å². The van der Waals surface area contributed by atoms with Crippen molar-refractivity contribution in [1.82, 2.24) is 5.32 Å². The molecular weight excluding hydrogens is 278 g/mol. The van der Waals surface area contributed by atoms with Gasteiger partial charge in [0.1, 0.15) is 5.76 Å². The Bertz CT molecular complexity index is 568. The second-order valence-corrected chi connectivity index (χ2v) is 4.75. The van der Waals surface area contributed by atoms with E-state index in [1.807, 2.05) is 31.3 Å². The molecule has 0 fully saturated rings. The summed E-state index contributed by atoms with van der Waals surface area (Å²) < 4.78 is 16.0. The van der Waals surface area contributed by atoms with E-state index >= 15 is 0 Å². The first-order valence-electron chi connectivity index (χ1n) is 6.31. The summed E-state index contributed by atoms with van der Waals surface area (Å²) in [4.78, 5) is 0. The van der Waals surface area contributed by atoms with Gasteiger partial charge in [-0.3, -0.25) is 0 Å². The number of nitrogens with one attached hydrogen (secondary N) is 1. The molecule has 5 heteroatoms. The highest BCUT2D eigenvalue weighted by Gasteiger charge is 2.15. The number of halogens is 1. The number of rotatable bonds is 6. The predicted molar refractivity (Wildman–Crippen MR) is 78.8 cm³/mol. The van der Waals surface area contributed by atoms with E-state index in [2.05, 4.69) is 5.32 Å². The van der Waals surface area contributed by atoms with Crippen molar-refractivity contribution in [2.75, 3.05) is 21.3 Å². The normalized spacial score (nSPS) is 12.2. The van der Waals surface area contributed by atoms with Gasteiger partial charge in [0, 0.05) is 0 Å². The molecule has 0 bridgehead atoms. The first-order valence-corrected chi connectivity index (χ1v) is 6.69. The minimum Gasteiger partial charge on any atom is -0.493 e. The third kappa shape index (κ3) is 3.26. The molecule has 20 heavy (non-hydrogen) atoms. The number of methoxy groups -OCH3 is 2. The summed E-state index contributed by atoms with van der Waals surface area (Å²) in [6, 6.07) is 9.56. The fraction of sp³-hybridized carbons (Fsp3) is 0.333. The molecule has 0 saturated carbocycles. The summed E-state index contributed by atoms with van der Waals surface area (Å²) in [5, 5.41) is 3.62. The number of ether oxygens (including phenoxy) is 2. The number of likely N-dealkylation sites (N-methyl/N-ethyl adjacent to an activating group) is 1. The molecule has 108 valence electrons. The summed E-state index contributed by atoms with van der Waals surface area (Å²) in [6.07, 6.45) is 0.765. The minimum absolute atomic E-state index is 0.0561. The van der Waals surface area contributed by atoms with E-state index in [0.717, 1.165) is 29.2 Å². The molecule has 0 radical (unpaired) electrons. The average molecular weight is 296 g/mol. The van der Waals surface area contributed by atoms with Crippen LogP contribution in [-0.4, -0.2) is 21.3 Å². The number of furan rings is 1. The molecule has 1 aromatic carbocycles. The van der Waals surface area contributed by atoms with Gasteiger partial charge in [-0.2, -0.15) is 0 Å². The summed E-state index contributed by atoms with van der Waals surface area (Å²) in [6.45, 7) is 0. The van der Waals surface area contributed by atoms with Crippen LogP contribution in [-0.2, 0) is 6.42 Å². The summed E-state index contributed by atoms with van der Waals surface area (Å²) >= 11 is 5.82. The van der Waals surface area contributed by atoms with Crippen LogP contribution >= 0.6 is 11.6 Å². The molecule has 0 aliphatic carbocycles. The lowest BCUT2D eigenvalue weighted by atomic mass is 10.0. The van der Waals surface area contributed by atoms with Gasteiger partial charge in [-0.15, -0.1) is 0 Å². The van der Waals surface area contributed by atoms with E-state index in [0.29, 0.717) is 5.22 Å². The van der Waals surface area contributed by atoms with E-state index in [9.17, 15) is 0 Å². The highest BCUT2D eigenvalue weighted by atomic mass is 35.5. The second-order valence-electron chi connectivity index (χ2n) is 4.38. The van der Waals surface area contributed by atoms with Crippen LogP contribution < -0.4 is 14.8 Å². The van der Waals surface area contributed by atoms with Crippen molar-refractivity contribution in [2.24, 2.45) is 0 Å². The molecule has 0 aliphatic rings. The summed E-state index contributed by atoms with van der Waals surface area (Å²) in [5.41, 5.74) is 1.12. The van der Waals surface area contributed by atoms with Crippen molar-refractivity contribution < 1.29 is 13.9 Å². The van der Waals surface area contributed by atoms with Crippen molar-refractivity contribution in [2.45, 2.75) is 12.5 Å². The van der Waals surface area contributed by atoms with Crippen LogP contribution in [0.1, 0.15) is 17.4 Å². The zero-order valence-electron chi connectivity index (χ0n) is 11.8. The topological polar surface area (TPSA) is 43.6 Å². The van der Waals surface area contributed by atoms with Gasteiger partial charge < -0.3 is 19.2 Å². The molecule has 2 aromatic rings. The molecule has 0 aliphatic heterocycles. The number of hydrogen-bond donors (Lipinski definition) is 1. The maximum absolute atomic E-state index is 5.82. The molecule has 2 rings (SSSR count). The van der Waals surface area contributed by atoms with Crippen LogP contribution in [0.3, 0.4) is 0 Å². The van der Waals surface area contributed by atoms with Crippen molar-refractivity contribution in [3.63, 3.8) is 0 Å². The highest BCUT2D eigenvalue weighted by molar-refractivity contribution is 6.28. The maximum Gasteiger partial charge on any atom is 0.193 e. The zero-order valence-corrected chi connectivity index (χ0v) is 12.5. The Morgan fingerprint density at radius 1 is 1.15 bits per heavy atom. The van der Waals surface area contributed by atoms with Gasteiger partial charge in [0.05, 0.1) is 20.3 Å². The van der Waals surface area contributed by atoms with Gasteiger partial charge in [-0.05, 0) is 54.9 Å².